The van der Waals surface area contributed by atoms with Crippen LogP contribution in [0.3, 0.4) is 0 Å². The molecule has 0 radical (unpaired) electrons. The fourth-order valence-corrected chi connectivity index (χ4v) is 2.93. The van der Waals surface area contributed by atoms with Crippen LogP contribution in [0.15, 0.2) is 18.2 Å². The Bertz CT molecular complexity index is 528. The number of likely N-dealkylation sites (N-methyl/N-ethyl adjacent to an activating group) is 1. The number of hydrogen-bond donors (Lipinski definition) is 1. The van der Waals surface area contributed by atoms with Gasteiger partial charge in [-0.05, 0) is 32.2 Å². The minimum absolute atomic E-state index is 0.0121. The van der Waals surface area contributed by atoms with Gasteiger partial charge in [0.05, 0.1) is 17.2 Å². The predicted molar refractivity (Wildman–Crippen MR) is 86.8 cm³/mol. The molecule has 0 saturated carbocycles. The maximum Gasteiger partial charge on any atom is 0.258 e. The summed E-state index contributed by atoms with van der Waals surface area (Å²) in [6.45, 7) is 4.05. The standard InChI is InChI=1S/C15H20Cl2N2O3/c1-3-21-14-8-19(2)7-12(14)18-15(20)9-22-13-5-4-10(16)6-11(13)17/h4-6,12,14H,3,7-9H2,1-2H3,(H,18,20)/t12-,14-/m1/s1. The van der Waals surface area contributed by atoms with Crippen LogP contribution in [0.5, 0.6) is 5.75 Å². The summed E-state index contributed by atoms with van der Waals surface area (Å²) in [7, 11) is 2.00. The number of carbonyl (C=O) groups excluding carboxylic acids is 1. The third-order valence-electron chi connectivity index (χ3n) is 3.43. The molecule has 0 unspecified atom stereocenters. The van der Waals surface area contributed by atoms with Gasteiger partial charge in [-0.3, -0.25) is 4.79 Å². The number of carbonyl (C=O) groups is 1. The van der Waals surface area contributed by atoms with Gasteiger partial charge in [0.1, 0.15) is 5.75 Å². The minimum atomic E-state index is -0.198. The highest BCUT2D eigenvalue weighted by molar-refractivity contribution is 6.35. The molecule has 2 rings (SSSR count). The van der Waals surface area contributed by atoms with Crippen LogP contribution in [-0.4, -0.2) is 56.3 Å². The zero-order valence-electron chi connectivity index (χ0n) is 12.6. The van der Waals surface area contributed by atoms with Crippen LogP contribution in [0.4, 0.5) is 0 Å². The number of benzene rings is 1. The van der Waals surface area contributed by atoms with E-state index < -0.39 is 0 Å². The van der Waals surface area contributed by atoms with Gasteiger partial charge < -0.3 is 19.7 Å². The second kappa shape index (κ2) is 8.02. The van der Waals surface area contributed by atoms with E-state index in [4.69, 9.17) is 32.7 Å². The highest BCUT2D eigenvalue weighted by atomic mass is 35.5. The minimum Gasteiger partial charge on any atom is -0.482 e. The van der Waals surface area contributed by atoms with Crippen molar-refractivity contribution in [2.24, 2.45) is 0 Å². The van der Waals surface area contributed by atoms with E-state index in [9.17, 15) is 4.79 Å². The number of ether oxygens (including phenoxy) is 2. The third kappa shape index (κ3) is 4.74. The van der Waals surface area contributed by atoms with Crippen molar-refractivity contribution in [2.75, 3.05) is 33.4 Å². The van der Waals surface area contributed by atoms with Gasteiger partial charge in [0, 0.05) is 24.7 Å². The summed E-state index contributed by atoms with van der Waals surface area (Å²) in [6, 6.07) is 4.86. The highest BCUT2D eigenvalue weighted by Crippen LogP contribution is 2.27. The van der Waals surface area contributed by atoms with Gasteiger partial charge in [0.2, 0.25) is 0 Å². The topological polar surface area (TPSA) is 50.8 Å². The van der Waals surface area contributed by atoms with Crippen LogP contribution >= 0.6 is 23.2 Å². The van der Waals surface area contributed by atoms with Crippen molar-refractivity contribution in [3.63, 3.8) is 0 Å². The van der Waals surface area contributed by atoms with E-state index >= 15 is 0 Å². The summed E-state index contributed by atoms with van der Waals surface area (Å²) < 4.78 is 11.1. The third-order valence-corrected chi connectivity index (χ3v) is 3.96. The molecule has 1 fully saturated rings. The average Bonchev–Trinajstić information content (AvgIpc) is 2.78. The molecule has 0 bridgehead atoms. The second-order valence-corrected chi connectivity index (χ2v) is 6.10. The Morgan fingerprint density at radius 3 is 2.86 bits per heavy atom. The Morgan fingerprint density at radius 2 is 2.18 bits per heavy atom. The smallest absolute Gasteiger partial charge is 0.258 e. The zero-order chi connectivity index (χ0) is 16.1. The molecule has 0 aliphatic carbocycles. The first kappa shape index (κ1) is 17.3. The molecule has 122 valence electrons. The number of amides is 1. The van der Waals surface area contributed by atoms with Crippen molar-refractivity contribution in [3.8, 4) is 5.75 Å². The number of nitrogens with zero attached hydrogens (tertiary/aromatic N) is 1. The molecule has 1 saturated heterocycles. The van der Waals surface area contributed by atoms with Gasteiger partial charge in [-0.25, -0.2) is 0 Å². The summed E-state index contributed by atoms with van der Waals surface area (Å²) in [5.41, 5.74) is 0. The van der Waals surface area contributed by atoms with Crippen LogP contribution in [0.25, 0.3) is 0 Å². The van der Waals surface area contributed by atoms with Crippen LogP contribution in [0.1, 0.15) is 6.92 Å². The van der Waals surface area contributed by atoms with Crippen LogP contribution in [0.2, 0.25) is 10.0 Å². The van der Waals surface area contributed by atoms with Gasteiger partial charge in [-0.15, -0.1) is 0 Å². The number of nitrogens with one attached hydrogen (secondary N) is 1. The fraction of sp³-hybridized carbons (Fsp3) is 0.533. The van der Waals surface area contributed by atoms with Crippen molar-refractivity contribution in [3.05, 3.63) is 28.2 Å². The molecule has 2 atom stereocenters. The van der Waals surface area contributed by atoms with E-state index in [0.717, 1.165) is 13.1 Å². The van der Waals surface area contributed by atoms with E-state index in [-0.39, 0.29) is 24.7 Å². The number of halogens is 2. The quantitative estimate of drug-likeness (QED) is 0.857. The predicted octanol–water partition coefficient (Wildman–Crippen LogP) is 2.21. The lowest BCUT2D eigenvalue weighted by atomic mass is 10.2. The summed E-state index contributed by atoms with van der Waals surface area (Å²) >= 11 is 11.8. The molecule has 1 aromatic rings. The zero-order valence-corrected chi connectivity index (χ0v) is 14.2. The number of hydrogen-bond acceptors (Lipinski definition) is 4. The number of rotatable bonds is 6. The van der Waals surface area contributed by atoms with E-state index in [1.807, 2.05) is 14.0 Å². The summed E-state index contributed by atoms with van der Waals surface area (Å²) in [5.74, 6) is 0.238. The van der Waals surface area contributed by atoms with Gasteiger partial charge in [-0.2, -0.15) is 0 Å². The lowest BCUT2D eigenvalue weighted by Crippen LogP contribution is -2.45. The van der Waals surface area contributed by atoms with E-state index in [2.05, 4.69) is 10.2 Å². The Morgan fingerprint density at radius 1 is 1.41 bits per heavy atom. The average molecular weight is 347 g/mol. The monoisotopic (exact) mass is 346 g/mol. The van der Waals surface area contributed by atoms with Crippen molar-refractivity contribution in [2.45, 2.75) is 19.1 Å². The van der Waals surface area contributed by atoms with Crippen molar-refractivity contribution in [1.82, 2.24) is 10.2 Å². The van der Waals surface area contributed by atoms with Crippen LogP contribution in [-0.2, 0) is 9.53 Å². The SMILES string of the molecule is CCO[C@@H]1CN(C)C[C@H]1NC(=O)COc1ccc(Cl)cc1Cl. The lowest BCUT2D eigenvalue weighted by molar-refractivity contribution is -0.124. The molecule has 0 spiro atoms. The molecule has 1 N–H and O–H groups in total. The molecule has 22 heavy (non-hydrogen) atoms. The van der Waals surface area contributed by atoms with Crippen molar-refractivity contribution >= 4 is 29.1 Å². The number of likely N-dealkylation sites (tertiary alicyclic amines) is 1. The molecule has 1 aromatic carbocycles. The van der Waals surface area contributed by atoms with E-state index in [0.29, 0.717) is 22.4 Å². The summed E-state index contributed by atoms with van der Waals surface area (Å²) in [6.07, 6.45) is 0.0121. The maximum absolute atomic E-state index is 12.0. The Labute approximate surface area is 140 Å². The summed E-state index contributed by atoms with van der Waals surface area (Å²) in [5, 5.41) is 3.85. The van der Waals surface area contributed by atoms with Gasteiger partial charge >= 0.3 is 0 Å². The molecule has 1 aliphatic rings. The molecular formula is C15H20Cl2N2O3. The highest BCUT2D eigenvalue weighted by Gasteiger charge is 2.32. The normalized spacial score (nSPS) is 21.8. The summed E-state index contributed by atoms with van der Waals surface area (Å²) in [4.78, 5) is 14.2. The lowest BCUT2D eigenvalue weighted by Gasteiger charge is -2.20. The molecule has 7 heteroatoms. The van der Waals surface area contributed by atoms with E-state index in [1.54, 1.807) is 18.2 Å². The molecule has 5 nitrogen and oxygen atoms in total. The largest absolute Gasteiger partial charge is 0.482 e. The molecule has 1 heterocycles. The Balaban J connectivity index is 1.84. The van der Waals surface area contributed by atoms with Gasteiger partial charge in [-0.1, -0.05) is 23.2 Å². The Hall–Kier alpha value is -1.01. The Kier molecular flexibility index (Phi) is 6.32. The fourth-order valence-electron chi connectivity index (χ4n) is 2.47. The first-order valence-corrected chi connectivity index (χ1v) is 7.92. The van der Waals surface area contributed by atoms with Crippen molar-refractivity contribution in [1.29, 1.82) is 0 Å². The van der Waals surface area contributed by atoms with Gasteiger partial charge in [0.25, 0.3) is 5.91 Å². The van der Waals surface area contributed by atoms with Crippen LogP contribution in [0, 0.1) is 0 Å². The first-order valence-electron chi connectivity index (χ1n) is 7.17. The van der Waals surface area contributed by atoms with Crippen LogP contribution < -0.4 is 10.1 Å². The first-order chi connectivity index (χ1) is 10.5. The van der Waals surface area contributed by atoms with Crippen molar-refractivity contribution < 1.29 is 14.3 Å². The second-order valence-electron chi connectivity index (χ2n) is 5.25. The molecular weight excluding hydrogens is 327 g/mol. The molecule has 0 aromatic heterocycles. The van der Waals surface area contributed by atoms with E-state index in [1.165, 1.54) is 0 Å². The maximum atomic E-state index is 12.0. The molecule has 1 amide bonds. The van der Waals surface area contributed by atoms with Gasteiger partial charge in [0.15, 0.2) is 6.61 Å². The molecule has 1 aliphatic heterocycles.